The van der Waals surface area contributed by atoms with Crippen LogP contribution < -0.4 is 16.5 Å². The molecule has 2 aliphatic rings. The van der Waals surface area contributed by atoms with E-state index in [0.29, 0.717) is 17.6 Å². The van der Waals surface area contributed by atoms with Crippen molar-refractivity contribution in [2.24, 2.45) is 0 Å². The summed E-state index contributed by atoms with van der Waals surface area (Å²) >= 11 is 0. The number of imidazole rings is 1. The van der Waals surface area contributed by atoms with E-state index in [0.717, 1.165) is 44.2 Å². The topological polar surface area (TPSA) is 102 Å². The van der Waals surface area contributed by atoms with Gasteiger partial charge in [0.1, 0.15) is 0 Å². The van der Waals surface area contributed by atoms with E-state index in [9.17, 15) is 14.7 Å². The first kappa shape index (κ1) is 18.2. The normalized spacial score (nSPS) is 25.8. The lowest BCUT2D eigenvalue weighted by Gasteiger charge is -2.26. The Kier molecular flexibility index (Phi) is 5.03. The summed E-state index contributed by atoms with van der Waals surface area (Å²) in [6.07, 6.45) is 3.75. The third kappa shape index (κ3) is 3.65. The Bertz CT molecular complexity index is 875. The molecule has 1 amide bonds. The fourth-order valence-electron chi connectivity index (χ4n) is 4.25. The number of benzene rings is 1. The molecule has 1 atom stereocenters. The van der Waals surface area contributed by atoms with Crippen molar-refractivity contribution >= 4 is 16.9 Å². The number of hydrogen-bond acceptors (Lipinski definition) is 5. The number of nitrogens with zero attached hydrogens (tertiary/aromatic N) is 2. The molecule has 1 saturated heterocycles. The zero-order valence-electron chi connectivity index (χ0n) is 15.6. The van der Waals surface area contributed by atoms with E-state index in [1.54, 1.807) is 28.6 Å². The number of aromatic nitrogens is 2. The number of amides is 1. The van der Waals surface area contributed by atoms with Crippen LogP contribution in [0.15, 0.2) is 23.0 Å². The molecule has 0 bridgehead atoms. The van der Waals surface area contributed by atoms with Crippen molar-refractivity contribution in [3.63, 3.8) is 0 Å². The van der Waals surface area contributed by atoms with Gasteiger partial charge < -0.3 is 15.0 Å². The quantitative estimate of drug-likeness (QED) is 0.633. The minimum Gasteiger partial charge on any atom is -0.393 e. The molecule has 0 radical (unpaired) electrons. The summed E-state index contributed by atoms with van der Waals surface area (Å²) in [6.45, 7) is 1.54. The van der Waals surface area contributed by atoms with Gasteiger partial charge in [-0.3, -0.25) is 20.2 Å². The highest BCUT2D eigenvalue weighted by Gasteiger charge is 2.25. The van der Waals surface area contributed by atoms with Crippen LogP contribution >= 0.6 is 0 Å². The van der Waals surface area contributed by atoms with Crippen LogP contribution in [0.25, 0.3) is 11.0 Å². The second-order valence-electron chi connectivity index (χ2n) is 7.74. The van der Waals surface area contributed by atoms with Gasteiger partial charge in [-0.15, -0.1) is 0 Å². The Morgan fingerprint density at radius 2 is 2.04 bits per heavy atom. The molecule has 2 fully saturated rings. The Morgan fingerprint density at radius 1 is 1.26 bits per heavy atom. The summed E-state index contributed by atoms with van der Waals surface area (Å²) in [5.74, 6) is -0.0556. The van der Waals surface area contributed by atoms with Crippen LogP contribution in [0.2, 0.25) is 0 Å². The maximum absolute atomic E-state index is 12.8. The average Bonchev–Trinajstić information content (AvgIpc) is 3.28. The number of nitrogens with one attached hydrogen (secondary N) is 3. The van der Waals surface area contributed by atoms with E-state index in [1.165, 1.54) is 0 Å². The maximum atomic E-state index is 12.8. The maximum Gasteiger partial charge on any atom is 0.326 e. The third-order valence-corrected chi connectivity index (χ3v) is 5.76. The van der Waals surface area contributed by atoms with Crippen molar-refractivity contribution < 1.29 is 9.90 Å². The smallest absolute Gasteiger partial charge is 0.326 e. The number of rotatable bonds is 4. The molecule has 1 aromatic heterocycles. The number of carbonyl (C=O) groups is 1. The van der Waals surface area contributed by atoms with Gasteiger partial charge in [0.25, 0.3) is 5.91 Å². The van der Waals surface area contributed by atoms with Crippen LogP contribution in [0.5, 0.6) is 0 Å². The van der Waals surface area contributed by atoms with Gasteiger partial charge >= 0.3 is 5.69 Å². The molecule has 2 heterocycles. The molecule has 8 nitrogen and oxygen atoms in total. The SMILES string of the molecule is CN(CC1CCNN1)C(=O)c1ccc2c(c1)[nH]c(=O)n2C1CCC(O)CC1. The van der Waals surface area contributed by atoms with Gasteiger partial charge in [0.05, 0.1) is 17.1 Å². The molecular weight excluding hydrogens is 346 g/mol. The van der Waals surface area contributed by atoms with Crippen LogP contribution in [0.4, 0.5) is 0 Å². The first-order valence-electron chi connectivity index (χ1n) is 9.69. The lowest BCUT2D eigenvalue weighted by Crippen LogP contribution is -2.41. The highest BCUT2D eigenvalue weighted by atomic mass is 16.3. The minimum absolute atomic E-state index is 0.0556. The fraction of sp³-hybridized carbons (Fsp3) is 0.579. The summed E-state index contributed by atoms with van der Waals surface area (Å²) in [5.41, 5.74) is 8.17. The van der Waals surface area contributed by atoms with Crippen molar-refractivity contribution in [1.29, 1.82) is 0 Å². The molecule has 1 unspecified atom stereocenters. The second kappa shape index (κ2) is 7.46. The van der Waals surface area contributed by atoms with Gasteiger partial charge in [-0.1, -0.05) is 0 Å². The van der Waals surface area contributed by atoms with Crippen LogP contribution in [-0.2, 0) is 0 Å². The average molecular weight is 373 g/mol. The summed E-state index contributed by atoms with van der Waals surface area (Å²) in [6, 6.07) is 5.77. The molecule has 4 rings (SSSR count). The Morgan fingerprint density at radius 3 is 2.74 bits per heavy atom. The summed E-state index contributed by atoms with van der Waals surface area (Å²) < 4.78 is 1.79. The lowest BCUT2D eigenvalue weighted by molar-refractivity contribution is 0.0783. The predicted molar refractivity (Wildman–Crippen MR) is 103 cm³/mol. The number of fused-ring (bicyclic) bond motifs is 1. The standard InChI is InChI=1S/C19H27N5O3/c1-23(11-13-8-9-20-22-13)18(26)12-2-7-17-16(10-12)21-19(27)24(17)14-3-5-15(25)6-4-14/h2,7,10,13-15,20,22,25H,3-6,8-9,11H2,1H3,(H,21,27). The van der Waals surface area contributed by atoms with E-state index in [2.05, 4.69) is 15.8 Å². The van der Waals surface area contributed by atoms with Gasteiger partial charge in [-0.2, -0.15) is 0 Å². The highest BCUT2D eigenvalue weighted by molar-refractivity contribution is 5.97. The molecule has 2 aromatic rings. The zero-order valence-corrected chi connectivity index (χ0v) is 15.6. The summed E-state index contributed by atoms with van der Waals surface area (Å²) in [4.78, 5) is 29.9. The summed E-state index contributed by atoms with van der Waals surface area (Å²) in [7, 11) is 1.80. The first-order valence-corrected chi connectivity index (χ1v) is 9.69. The van der Waals surface area contributed by atoms with Gasteiger partial charge in [0.15, 0.2) is 0 Å². The van der Waals surface area contributed by atoms with Crippen LogP contribution in [0.3, 0.4) is 0 Å². The molecule has 146 valence electrons. The number of hydrazine groups is 1. The van der Waals surface area contributed by atoms with E-state index in [-0.39, 0.29) is 29.8 Å². The Labute approximate surface area is 157 Å². The highest BCUT2D eigenvalue weighted by Crippen LogP contribution is 2.30. The van der Waals surface area contributed by atoms with Crippen molar-refractivity contribution in [3.05, 3.63) is 34.2 Å². The second-order valence-corrected chi connectivity index (χ2v) is 7.74. The Hall–Kier alpha value is -2.16. The zero-order chi connectivity index (χ0) is 19.0. The lowest BCUT2D eigenvalue weighted by atomic mass is 9.93. The molecule has 1 aliphatic heterocycles. The van der Waals surface area contributed by atoms with E-state index < -0.39 is 0 Å². The predicted octanol–water partition coefficient (Wildman–Crippen LogP) is 0.744. The number of aliphatic hydroxyl groups is 1. The number of carbonyl (C=O) groups excluding carboxylic acids is 1. The number of likely N-dealkylation sites (N-methyl/N-ethyl adjacent to an activating group) is 1. The third-order valence-electron chi connectivity index (χ3n) is 5.76. The summed E-state index contributed by atoms with van der Waals surface area (Å²) in [5, 5.41) is 9.71. The number of H-pyrrole nitrogens is 1. The van der Waals surface area contributed by atoms with Crippen LogP contribution in [0, 0.1) is 0 Å². The number of aliphatic hydroxyl groups excluding tert-OH is 1. The molecule has 1 aliphatic carbocycles. The Balaban J connectivity index is 1.56. The first-order chi connectivity index (χ1) is 13.0. The van der Waals surface area contributed by atoms with Gasteiger partial charge in [-0.05, 0) is 50.3 Å². The van der Waals surface area contributed by atoms with Crippen LogP contribution in [0.1, 0.15) is 48.5 Å². The van der Waals surface area contributed by atoms with Crippen molar-refractivity contribution in [2.75, 3.05) is 20.1 Å². The molecular formula is C19H27N5O3. The fourth-order valence-corrected chi connectivity index (χ4v) is 4.25. The van der Waals surface area contributed by atoms with Crippen LogP contribution in [-0.4, -0.2) is 57.7 Å². The van der Waals surface area contributed by atoms with E-state index >= 15 is 0 Å². The number of hydrogen-bond donors (Lipinski definition) is 4. The van der Waals surface area contributed by atoms with E-state index in [1.807, 2.05) is 6.07 Å². The van der Waals surface area contributed by atoms with Gasteiger partial charge in [-0.25, -0.2) is 4.79 Å². The molecule has 1 aromatic carbocycles. The molecule has 27 heavy (non-hydrogen) atoms. The molecule has 0 spiro atoms. The van der Waals surface area contributed by atoms with Crippen molar-refractivity contribution in [2.45, 2.75) is 50.3 Å². The molecule has 1 saturated carbocycles. The molecule has 4 N–H and O–H groups in total. The molecule has 8 heteroatoms. The number of aromatic amines is 1. The van der Waals surface area contributed by atoms with Crippen molar-refractivity contribution in [3.8, 4) is 0 Å². The van der Waals surface area contributed by atoms with E-state index in [4.69, 9.17) is 0 Å². The minimum atomic E-state index is -0.258. The largest absolute Gasteiger partial charge is 0.393 e. The van der Waals surface area contributed by atoms with Gasteiger partial charge in [0.2, 0.25) is 0 Å². The monoisotopic (exact) mass is 373 g/mol. The van der Waals surface area contributed by atoms with Crippen molar-refractivity contribution in [1.82, 2.24) is 25.3 Å². The van der Waals surface area contributed by atoms with Gasteiger partial charge in [0, 0.05) is 37.8 Å².